The van der Waals surface area contributed by atoms with Crippen molar-refractivity contribution in [3.8, 4) is 17.2 Å². The van der Waals surface area contributed by atoms with Crippen LogP contribution < -0.4 is 30.6 Å². The number of hydrogen-bond acceptors (Lipinski definition) is 7. The second-order valence-electron chi connectivity index (χ2n) is 7.64. The molecule has 1 atom stereocenters. The minimum atomic E-state index is -0.590. The van der Waals surface area contributed by atoms with E-state index in [0.29, 0.717) is 39.8 Å². The number of benzene rings is 3. The molecule has 0 fully saturated rings. The molecule has 0 bridgehead atoms. The molecule has 0 aromatic heterocycles. The van der Waals surface area contributed by atoms with Gasteiger partial charge >= 0.3 is 6.09 Å². The summed E-state index contributed by atoms with van der Waals surface area (Å²) in [5, 5.41) is 5.56. The number of nitrogens with one attached hydrogen (secondary N) is 2. The number of para-hydroxylation sites is 2. The lowest BCUT2D eigenvalue weighted by Crippen LogP contribution is -2.27. The Bertz CT molecular complexity index is 1150. The van der Waals surface area contributed by atoms with Gasteiger partial charge in [0.15, 0.2) is 11.5 Å². The molecule has 3 rings (SSSR count). The van der Waals surface area contributed by atoms with Crippen LogP contribution in [0.15, 0.2) is 60.7 Å². The molecule has 184 valence electrons. The number of carbonyl (C=O) groups excluding carboxylic acids is 2. The molecular formula is C26H29N3O6. The van der Waals surface area contributed by atoms with Gasteiger partial charge in [0.2, 0.25) is 5.75 Å². The van der Waals surface area contributed by atoms with E-state index < -0.39 is 6.09 Å². The third-order valence-electron chi connectivity index (χ3n) is 5.31. The normalized spacial score (nSPS) is 11.2. The lowest BCUT2D eigenvalue weighted by Gasteiger charge is -2.16. The fourth-order valence-electron chi connectivity index (χ4n) is 3.40. The number of anilines is 2. The number of alkyl carbamates (subject to hydrolysis) is 1. The molecule has 3 aromatic carbocycles. The molecule has 0 spiro atoms. The lowest BCUT2D eigenvalue weighted by molar-refractivity contribution is 0.102. The van der Waals surface area contributed by atoms with Crippen molar-refractivity contribution in [3.05, 3.63) is 77.4 Å². The van der Waals surface area contributed by atoms with Crippen LogP contribution in [0.25, 0.3) is 0 Å². The second kappa shape index (κ2) is 11.6. The van der Waals surface area contributed by atoms with Crippen LogP contribution in [0.3, 0.4) is 0 Å². The van der Waals surface area contributed by atoms with Gasteiger partial charge in [0.05, 0.1) is 38.7 Å². The van der Waals surface area contributed by atoms with Gasteiger partial charge in [-0.25, -0.2) is 4.79 Å². The van der Waals surface area contributed by atoms with Crippen LogP contribution in [0.2, 0.25) is 0 Å². The molecule has 0 aliphatic heterocycles. The number of amides is 2. The van der Waals surface area contributed by atoms with E-state index >= 15 is 0 Å². The molecule has 0 aliphatic carbocycles. The number of nitrogens with two attached hydrogens (primary N) is 1. The molecular weight excluding hydrogens is 450 g/mol. The van der Waals surface area contributed by atoms with Crippen molar-refractivity contribution in [2.24, 2.45) is 0 Å². The minimum absolute atomic E-state index is 0.0109. The smallest absolute Gasteiger partial charge is 0.407 e. The highest BCUT2D eigenvalue weighted by atomic mass is 16.5. The zero-order chi connectivity index (χ0) is 25.4. The number of nitrogen functional groups attached to an aromatic ring is 1. The van der Waals surface area contributed by atoms with Gasteiger partial charge in [-0.1, -0.05) is 24.3 Å². The van der Waals surface area contributed by atoms with E-state index in [0.717, 1.165) is 5.56 Å². The third-order valence-corrected chi connectivity index (χ3v) is 5.31. The first-order chi connectivity index (χ1) is 16.9. The van der Waals surface area contributed by atoms with E-state index in [1.54, 1.807) is 60.7 Å². The molecule has 3 aromatic rings. The maximum absolute atomic E-state index is 12.5. The van der Waals surface area contributed by atoms with E-state index in [4.69, 9.17) is 24.7 Å². The lowest BCUT2D eigenvalue weighted by atomic mass is 10.1. The molecule has 0 saturated carbocycles. The quantitative estimate of drug-likeness (QED) is 0.385. The van der Waals surface area contributed by atoms with E-state index in [9.17, 15) is 9.59 Å². The summed E-state index contributed by atoms with van der Waals surface area (Å²) in [5.74, 6) is 1.12. The first-order valence-electron chi connectivity index (χ1n) is 10.8. The fraction of sp³-hybridized carbons (Fsp3) is 0.231. The molecule has 2 amide bonds. The van der Waals surface area contributed by atoms with Crippen molar-refractivity contribution >= 4 is 23.4 Å². The molecule has 0 unspecified atom stereocenters. The van der Waals surface area contributed by atoms with Gasteiger partial charge in [0.25, 0.3) is 5.91 Å². The third kappa shape index (κ3) is 6.35. The van der Waals surface area contributed by atoms with Crippen LogP contribution in [0.4, 0.5) is 16.2 Å². The molecule has 0 radical (unpaired) electrons. The first-order valence-corrected chi connectivity index (χ1v) is 10.8. The van der Waals surface area contributed by atoms with Gasteiger partial charge in [-0.15, -0.1) is 0 Å². The predicted octanol–water partition coefficient (Wildman–Crippen LogP) is 4.53. The van der Waals surface area contributed by atoms with E-state index in [1.807, 2.05) is 6.92 Å². The van der Waals surface area contributed by atoms with Gasteiger partial charge in [-0.05, 0) is 54.4 Å². The van der Waals surface area contributed by atoms with Crippen molar-refractivity contribution < 1.29 is 28.5 Å². The average Bonchev–Trinajstić information content (AvgIpc) is 2.88. The maximum atomic E-state index is 12.5. The van der Waals surface area contributed by atoms with Crippen molar-refractivity contribution in [1.82, 2.24) is 5.32 Å². The summed E-state index contributed by atoms with van der Waals surface area (Å²) in [7, 11) is 4.55. The Morgan fingerprint density at radius 3 is 2.11 bits per heavy atom. The van der Waals surface area contributed by atoms with Crippen LogP contribution >= 0.6 is 0 Å². The van der Waals surface area contributed by atoms with Gasteiger partial charge in [-0.3, -0.25) is 4.79 Å². The number of carbonyl (C=O) groups is 2. The van der Waals surface area contributed by atoms with Crippen LogP contribution in [0.1, 0.15) is 34.5 Å². The van der Waals surface area contributed by atoms with Crippen LogP contribution in [0, 0.1) is 0 Å². The molecule has 9 heteroatoms. The predicted molar refractivity (Wildman–Crippen MR) is 133 cm³/mol. The average molecular weight is 480 g/mol. The summed E-state index contributed by atoms with van der Waals surface area (Å²) in [5.41, 5.74) is 8.87. The zero-order valence-electron chi connectivity index (χ0n) is 20.1. The summed E-state index contributed by atoms with van der Waals surface area (Å²) < 4.78 is 21.3. The molecule has 0 heterocycles. The van der Waals surface area contributed by atoms with Gasteiger partial charge in [0.1, 0.15) is 6.61 Å². The Labute approximate surface area is 204 Å². The molecule has 9 nitrogen and oxygen atoms in total. The van der Waals surface area contributed by atoms with Crippen LogP contribution in [-0.4, -0.2) is 33.3 Å². The SMILES string of the molecule is COc1cc(COC(=O)N[C@@H](C)c2ccc(C(=O)Nc3ccccc3N)cc2)cc(OC)c1OC. The summed E-state index contributed by atoms with van der Waals surface area (Å²) in [6.45, 7) is 1.83. The van der Waals surface area contributed by atoms with E-state index in [-0.39, 0.29) is 18.6 Å². The Morgan fingerprint density at radius 1 is 0.914 bits per heavy atom. The Kier molecular flexibility index (Phi) is 8.39. The van der Waals surface area contributed by atoms with Crippen LogP contribution in [-0.2, 0) is 11.3 Å². The minimum Gasteiger partial charge on any atom is -0.493 e. The number of rotatable bonds is 9. The molecule has 35 heavy (non-hydrogen) atoms. The molecule has 0 saturated heterocycles. The Balaban J connectivity index is 1.57. The topological polar surface area (TPSA) is 121 Å². The summed E-state index contributed by atoms with van der Waals surface area (Å²) in [6, 6.07) is 17.0. The van der Waals surface area contributed by atoms with Crippen LogP contribution in [0.5, 0.6) is 17.2 Å². The summed E-state index contributed by atoms with van der Waals surface area (Å²) in [6.07, 6.45) is -0.590. The fourth-order valence-corrected chi connectivity index (χ4v) is 3.40. The molecule has 0 aliphatic rings. The van der Waals surface area contributed by atoms with Crippen molar-refractivity contribution in [2.75, 3.05) is 32.4 Å². The molecule has 4 N–H and O–H groups in total. The van der Waals surface area contributed by atoms with Gasteiger partial charge in [-0.2, -0.15) is 0 Å². The van der Waals surface area contributed by atoms with Crippen molar-refractivity contribution in [3.63, 3.8) is 0 Å². The number of hydrogen-bond donors (Lipinski definition) is 3. The van der Waals surface area contributed by atoms with E-state index in [1.165, 1.54) is 21.3 Å². The van der Waals surface area contributed by atoms with E-state index in [2.05, 4.69) is 10.6 Å². The van der Waals surface area contributed by atoms with Gasteiger partial charge < -0.3 is 35.3 Å². The van der Waals surface area contributed by atoms with Crippen molar-refractivity contribution in [1.29, 1.82) is 0 Å². The number of methoxy groups -OCH3 is 3. The largest absolute Gasteiger partial charge is 0.493 e. The highest BCUT2D eigenvalue weighted by Crippen LogP contribution is 2.38. The highest BCUT2D eigenvalue weighted by molar-refractivity contribution is 6.05. The summed E-state index contributed by atoms with van der Waals surface area (Å²) >= 11 is 0. The summed E-state index contributed by atoms with van der Waals surface area (Å²) in [4.78, 5) is 24.8. The highest BCUT2D eigenvalue weighted by Gasteiger charge is 2.16. The van der Waals surface area contributed by atoms with Gasteiger partial charge in [0, 0.05) is 5.56 Å². The first kappa shape index (κ1) is 25.2. The standard InChI is InChI=1S/C26H29N3O6/c1-16(18-9-11-19(12-10-18)25(30)29-21-8-6-5-7-20(21)27)28-26(31)35-15-17-13-22(32-2)24(34-4)23(14-17)33-3/h5-14,16H,15,27H2,1-4H3,(H,28,31)(H,29,30)/t16-/m0/s1. The second-order valence-corrected chi connectivity index (χ2v) is 7.64. The Morgan fingerprint density at radius 2 is 1.54 bits per heavy atom. The monoisotopic (exact) mass is 479 g/mol. The Hall–Kier alpha value is -4.40. The zero-order valence-corrected chi connectivity index (χ0v) is 20.1. The number of ether oxygens (including phenoxy) is 4. The van der Waals surface area contributed by atoms with Crippen molar-refractivity contribution in [2.45, 2.75) is 19.6 Å². The maximum Gasteiger partial charge on any atom is 0.407 e.